The van der Waals surface area contributed by atoms with Gasteiger partial charge in [-0.05, 0) is 19.3 Å². The molecule has 0 radical (unpaired) electrons. The monoisotopic (exact) mass is 1060 g/mol. The Hall–Kier alpha value is -1.59. The van der Waals surface area contributed by atoms with Crippen molar-refractivity contribution in [2.24, 2.45) is 0 Å². The fourth-order valence-electron chi connectivity index (χ4n) is 10.9. The highest BCUT2D eigenvalue weighted by Gasteiger charge is 2.19. The van der Waals surface area contributed by atoms with Gasteiger partial charge in [0, 0.05) is 19.3 Å². The lowest BCUT2D eigenvalue weighted by Crippen LogP contribution is -2.30. The molecule has 446 valence electrons. The van der Waals surface area contributed by atoms with E-state index in [-0.39, 0.29) is 31.1 Å². The van der Waals surface area contributed by atoms with Crippen LogP contribution in [0.1, 0.15) is 406 Å². The number of hydrogen-bond donors (Lipinski definition) is 0. The van der Waals surface area contributed by atoms with Gasteiger partial charge in [-0.3, -0.25) is 14.4 Å². The third-order valence-corrected chi connectivity index (χ3v) is 16.1. The first-order valence-electron chi connectivity index (χ1n) is 34.5. The van der Waals surface area contributed by atoms with Crippen LogP contribution in [0.3, 0.4) is 0 Å². The Balaban J connectivity index is 4.07. The standard InChI is InChI=1S/C69H134O6/c1-4-7-10-13-16-19-22-25-27-28-29-30-31-32-33-34-35-36-37-38-39-40-41-43-44-47-50-53-56-59-62-68(71)74-65-66(64-73-67(70)61-58-55-52-49-46-24-21-18-15-12-9-6-3)75-69(72)63-60-57-54-51-48-45-42-26-23-20-17-14-11-8-5-2/h66H,4-65H2,1-3H3. The largest absolute Gasteiger partial charge is 0.462 e. The maximum Gasteiger partial charge on any atom is 0.306 e. The molecule has 0 aromatic rings. The second kappa shape index (κ2) is 64.9. The van der Waals surface area contributed by atoms with E-state index < -0.39 is 6.10 Å². The first-order valence-corrected chi connectivity index (χ1v) is 34.5. The summed E-state index contributed by atoms with van der Waals surface area (Å²) < 4.78 is 16.9. The Morgan fingerprint density at radius 3 is 0.533 bits per heavy atom. The van der Waals surface area contributed by atoms with E-state index in [4.69, 9.17) is 14.2 Å². The molecule has 1 atom stereocenters. The van der Waals surface area contributed by atoms with Gasteiger partial charge in [0.2, 0.25) is 0 Å². The summed E-state index contributed by atoms with van der Waals surface area (Å²) in [7, 11) is 0. The Morgan fingerprint density at radius 1 is 0.213 bits per heavy atom. The van der Waals surface area contributed by atoms with Crippen LogP contribution < -0.4 is 0 Å². The van der Waals surface area contributed by atoms with Crippen LogP contribution in [0.4, 0.5) is 0 Å². The fraction of sp³-hybridized carbons (Fsp3) is 0.957. The normalized spacial score (nSPS) is 11.9. The van der Waals surface area contributed by atoms with E-state index in [1.165, 1.54) is 308 Å². The van der Waals surface area contributed by atoms with Crippen LogP contribution in [0.2, 0.25) is 0 Å². The third kappa shape index (κ3) is 63.1. The average Bonchev–Trinajstić information content (AvgIpc) is 3.41. The van der Waals surface area contributed by atoms with Crippen molar-refractivity contribution in [1.82, 2.24) is 0 Å². The average molecular weight is 1060 g/mol. The van der Waals surface area contributed by atoms with Crippen molar-refractivity contribution in [2.75, 3.05) is 13.2 Å². The van der Waals surface area contributed by atoms with Gasteiger partial charge in [0.05, 0.1) is 0 Å². The van der Waals surface area contributed by atoms with E-state index in [2.05, 4.69) is 20.8 Å². The molecule has 0 amide bonds. The third-order valence-electron chi connectivity index (χ3n) is 16.1. The molecule has 1 unspecified atom stereocenters. The molecule has 0 aromatic carbocycles. The molecular weight excluding hydrogens is 925 g/mol. The molecule has 0 N–H and O–H groups in total. The molecule has 0 aliphatic rings. The topological polar surface area (TPSA) is 78.9 Å². The van der Waals surface area contributed by atoms with Crippen molar-refractivity contribution in [3.05, 3.63) is 0 Å². The van der Waals surface area contributed by atoms with Crippen LogP contribution >= 0.6 is 0 Å². The summed E-state index contributed by atoms with van der Waals surface area (Å²) in [5.74, 6) is -0.826. The van der Waals surface area contributed by atoms with Gasteiger partial charge in [0.15, 0.2) is 6.10 Å². The Labute approximate surface area is 469 Å². The van der Waals surface area contributed by atoms with E-state index in [0.29, 0.717) is 19.3 Å². The molecule has 6 nitrogen and oxygen atoms in total. The molecule has 0 aliphatic heterocycles. The molecular formula is C69H134O6. The lowest BCUT2D eigenvalue weighted by Gasteiger charge is -2.18. The number of unbranched alkanes of at least 4 members (excludes halogenated alkanes) is 54. The first-order chi connectivity index (χ1) is 37.0. The number of esters is 3. The van der Waals surface area contributed by atoms with Crippen LogP contribution in [-0.2, 0) is 28.6 Å². The van der Waals surface area contributed by atoms with Crippen LogP contribution in [-0.4, -0.2) is 37.2 Å². The molecule has 0 bridgehead atoms. The predicted octanol–water partition coefficient (Wildman–Crippen LogP) is 23.5. The van der Waals surface area contributed by atoms with Gasteiger partial charge < -0.3 is 14.2 Å². The van der Waals surface area contributed by atoms with Crippen LogP contribution in [0, 0.1) is 0 Å². The minimum absolute atomic E-state index is 0.0606. The van der Waals surface area contributed by atoms with E-state index in [1.807, 2.05) is 0 Å². The smallest absolute Gasteiger partial charge is 0.306 e. The Kier molecular flexibility index (Phi) is 63.6. The zero-order valence-electron chi connectivity index (χ0n) is 51.4. The fourth-order valence-corrected chi connectivity index (χ4v) is 10.9. The number of rotatable bonds is 65. The highest BCUT2D eigenvalue weighted by atomic mass is 16.6. The SMILES string of the molecule is CCCCCCCCCCCCCCCCCCCCCCCCCCCCCCCCC(=O)OCC(COC(=O)CCCCCCCCCCCCCC)OC(=O)CCCCCCCCCCCCCCCCC. The molecule has 0 fully saturated rings. The number of hydrogen-bond acceptors (Lipinski definition) is 6. The molecule has 0 saturated heterocycles. The predicted molar refractivity (Wildman–Crippen MR) is 326 cm³/mol. The minimum atomic E-state index is -0.762. The molecule has 0 saturated carbocycles. The molecule has 0 rings (SSSR count). The van der Waals surface area contributed by atoms with Gasteiger partial charge in [-0.25, -0.2) is 0 Å². The summed E-state index contributed by atoms with van der Waals surface area (Å²) in [6.07, 6.45) is 75.7. The highest BCUT2D eigenvalue weighted by molar-refractivity contribution is 5.71. The number of carbonyl (C=O) groups is 3. The van der Waals surface area contributed by atoms with Crippen molar-refractivity contribution in [3.63, 3.8) is 0 Å². The zero-order chi connectivity index (χ0) is 54.3. The summed E-state index contributed by atoms with van der Waals surface area (Å²) in [6, 6.07) is 0. The summed E-state index contributed by atoms with van der Waals surface area (Å²) in [6.45, 7) is 6.72. The van der Waals surface area contributed by atoms with Crippen molar-refractivity contribution in [2.45, 2.75) is 412 Å². The van der Waals surface area contributed by atoms with Crippen LogP contribution in [0.5, 0.6) is 0 Å². The Morgan fingerprint density at radius 2 is 0.360 bits per heavy atom. The summed E-state index contributed by atoms with van der Waals surface area (Å²) >= 11 is 0. The van der Waals surface area contributed by atoms with Gasteiger partial charge in [-0.1, -0.05) is 367 Å². The van der Waals surface area contributed by atoms with Gasteiger partial charge in [-0.15, -0.1) is 0 Å². The second-order valence-electron chi connectivity index (χ2n) is 23.8. The molecule has 0 spiro atoms. The summed E-state index contributed by atoms with van der Waals surface area (Å²) in [5, 5.41) is 0. The van der Waals surface area contributed by atoms with E-state index in [0.717, 1.165) is 57.8 Å². The van der Waals surface area contributed by atoms with E-state index in [9.17, 15) is 14.4 Å². The van der Waals surface area contributed by atoms with Crippen LogP contribution in [0.25, 0.3) is 0 Å². The van der Waals surface area contributed by atoms with Gasteiger partial charge >= 0.3 is 17.9 Å². The second-order valence-corrected chi connectivity index (χ2v) is 23.8. The molecule has 0 aliphatic carbocycles. The maximum atomic E-state index is 12.9. The van der Waals surface area contributed by atoms with Crippen LogP contribution in [0.15, 0.2) is 0 Å². The van der Waals surface area contributed by atoms with E-state index in [1.54, 1.807) is 0 Å². The number of ether oxygens (including phenoxy) is 3. The van der Waals surface area contributed by atoms with Crippen molar-refractivity contribution >= 4 is 17.9 Å². The Bertz CT molecular complexity index is 1120. The lowest BCUT2D eigenvalue weighted by molar-refractivity contribution is -0.167. The molecule has 75 heavy (non-hydrogen) atoms. The minimum Gasteiger partial charge on any atom is -0.462 e. The zero-order valence-corrected chi connectivity index (χ0v) is 51.4. The highest BCUT2D eigenvalue weighted by Crippen LogP contribution is 2.19. The van der Waals surface area contributed by atoms with Crippen molar-refractivity contribution in [3.8, 4) is 0 Å². The van der Waals surface area contributed by atoms with Gasteiger partial charge in [-0.2, -0.15) is 0 Å². The molecule has 0 heterocycles. The molecule has 0 aromatic heterocycles. The van der Waals surface area contributed by atoms with Crippen molar-refractivity contribution in [1.29, 1.82) is 0 Å². The summed E-state index contributed by atoms with van der Waals surface area (Å²) in [4.78, 5) is 38.3. The quantitative estimate of drug-likeness (QED) is 0.0343. The number of carbonyl (C=O) groups excluding carboxylic acids is 3. The van der Waals surface area contributed by atoms with E-state index >= 15 is 0 Å². The lowest BCUT2D eigenvalue weighted by atomic mass is 10.0. The van der Waals surface area contributed by atoms with Crippen molar-refractivity contribution < 1.29 is 28.6 Å². The maximum absolute atomic E-state index is 12.9. The summed E-state index contributed by atoms with van der Waals surface area (Å²) in [5.41, 5.74) is 0. The first kappa shape index (κ1) is 73.4. The molecule has 6 heteroatoms. The van der Waals surface area contributed by atoms with Gasteiger partial charge in [0.1, 0.15) is 13.2 Å². The van der Waals surface area contributed by atoms with Gasteiger partial charge in [0.25, 0.3) is 0 Å².